The minimum absolute atomic E-state index is 0. The van der Waals surface area contributed by atoms with Crippen LogP contribution in [0.3, 0.4) is 0 Å². The molecule has 1 aliphatic rings. The van der Waals surface area contributed by atoms with Gasteiger partial charge in [0.25, 0.3) is 0 Å². The van der Waals surface area contributed by atoms with Crippen molar-refractivity contribution in [3.05, 3.63) is 0 Å². The lowest BCUT2D eigenvalue weighted by Gasteiger charge is -2.27. The van der Waals surface area contributed by atoms with E-state index in [0.717, 1.165) is 38.5 Å². The molecule has 1 aliphatic heterocycles. The molecule has 1 rings (SSSR count). The number of rotatable bonds is 10. The van der Waals surface area contributed by atoms with Gasteiger partial charge >= 0.3 is 0 Å². The Kier molecular flexibility index (Phi) is 12.3. The molecule has 0 spiro atoms. The van der Waals surface area contributed by atoms with Gasteiger partial charge in [0, 0.05) is 25.7 Å². The van der Waals surface area contributed by atoms with Crippen LogP contribution in [0.25, 0.3) is 0 Å². The largest absolute Gasteiger partial charge is 0.388 e. The quantitative estimate of drug-likeness (QED) is 0.240. The Morgan fingerprint density at radius 3 is 2.35 bits per heavy atom. The second-order valence-corrected chi connectivity index (χ2v) is 8.91. The van der Waals surface area contributed by atoms with Crippen LogP contribution in [0, 0.1) is 0 Å². The molecule has 156 valence electrons. The molecule has 7 nitrogen and oxygen atoms in total. The van der Waals surface area contributed by atoms with E-state index in [1.165, 1.54) is 6.26 Å². The van der Waals surface area contributed by atoms with Gasteiger partial charge in [-0.25, -0.2) is 8.42 Å². The topological polar surface area (TPSA) is 94.0 Å². The van der Waals surface area contributed by atoms with Crippen LogP contribution < -0.4 is 10.6 Å². The molecule has 1 saturated heterocycles. The maximum Gasteiger partial charge on any atom is 0.211 e. The van der Waals surface area contributed by atoms with Crippen LogP contribution in [0.4, 0.5) is 0 Å². The summed E-state index contributed by atoms with van der Waals surface area (Å²) in [7, 11) is -3.17. The summed E-state index contributed by atoms with van der Waals surface area (Å²) in [6.07, 6.45) is 6.31. The molecule has 9 heteroatoms. The summed E-state index contributed by atoms with van der Waals surface area (Å²) in [6, 6.07) is -0.0379. The third kappa shape index (κ3) is 8.71. The van der Waals surface area contributed by atoms with Gasteiger partial charge in [-0.15, -0.1) is 24.0 Å². The third-order valence-corrected chi connectivity index (χ3v) is 5.89. The van der Waals surface area contributed by atoms with E-state index in [1.54, 1.807) is 4.31 Å². The highest BCUT2D eigenvalue weighted by molar-refractivity contribution is 14.0. The van der Waals surface area contributed by atoms with Crippen LogP contribution in [0.15, 0.2) is 4.99 Å². The fraction of sp³-hybridized carbons (Fsp3) is 0.941. The number of aliphatic hydroxyl groups is 1. The Bertz CT molecular complexity index is 522. The van der Waals surface area contributed by atoms with Gasteiger partial charge in [-0.2, -0.15) is 4.31 Å². The summed E-state index contributed by atoms with van der Waals surface area (Å²) in [4.78, 5) is 4.55. The maximum absolute atomic E-state index is 11.8. The summed E-state index contributed by atoms with van der Waals surface area (Å²) < 4.78 is 25.2. The normalized spacial score (nSPS) is 19.3. The van der Waals surface area contributed by atoms with E-state index in [9.17, 15) is 13.5 Å². The van der Waals surface area contributed by atoms with Crippen LogP contribution in [-0.2, 0) is 10.0 Å². The number of halogens is 1. The summed E-state index contributed by atoms with van der Waals surface area (Å²) in [6.45, 7) is 8.29. The van der Waals surface area contributed by atoms with Gasteiger partial charge in [0.1, 0.15) is 0 Å². The van der Waals surface area contributed by atoms with E-state index in [1.807, 2.05) is 6.92 Å². The molecule has 0 bridgehead atoms. The van der Waals surface area contributed by atoms with Crippen molar-refractivity contribution in [1.29, 1.82) is 0 Å². The maximum atomic E-state index is 11.8. The predicted molar refractivity (Wildman–Crippen MR) is 119 cm³/mol. The number of nitrogens with zero attached hydrogens (tertiary/aromatic N) is 2. The standard InChI is InChI=1S/C17H36N4O3S.HI/c1-5-10-17(22,11-6-2)14-20-16(18-7-3)19-13-15-9-8-12-21(15)25(4,23)24;/h15,22H,5-14H2,1-4H3,(H2,18,19,20);1H/t15-;/m1./s1. The lowest BCUT2D eigenvalue weighted by Crippen LogP contribution is -2.47. The Balaban J connectivity index is 0.00000625. The van der Waals surface area contributed by atoms with Crippen LogP contribution in [-0.4, -0.2) is 67.9 Å². The number of guanidine groups is 1. The predicted octanol–water partition coefficient (Wildman–Crippen LogP) is 1.91. The van der Waals surface area contributed by atoms with E-state index < -0.39 is 15.6 Å². The van der Waals surface area contributed by atoms with Gasteiger partial charge in [-0.3, -0.25) is 4.99 Å². The van der Waals surface area contributed by atoms with Crippen LogP contribution in [0.5, 0.6) is 0 Å². The first kappa shape index (κ1) is 25.9. The fourth-order valence-electron chi connectivity index (χ4n) is 3.45. The van der Waals surface area contributed by atoms with Crippen molar-refractivity contribution >= 4 is 40.0 Å². The van der Waals surface area contributed by atoms with E-state index in [-0.39, 0.29) is 30.0 Å². The zero-order chi connectivity index (χ0) is 18.9. The molecule has 0 aromatic rings. The lowest BCUT2D eigenvalue weighted by molar-refractivity contribution is 0.0306. The van der Waals surface area contributed by atoms with Gasteiger partial charge in [0.05, 0.1) is 18.4 Å². The number of aliphatic imine (C=N–C) groups is 1. The number of hydrogen-bond donors (Lipinski definition) is 3. The smallest absolute Gasteiger partial charge is 0.211 e. The molecular formula is C17H37IN4O3S. The van der Waals surface area contributed by atoms with Gasteiger partial charge in [-0.1, -0.05) is 26.7 Å². The Morgan fingerprint density at radius 2 is 1.85 bits per heavy atom. The molecule has 0 saturated carbocycles. The van der Waals surface area contributed by atoms with Crippen LogP contribution in [0.1, 0.15) is 59.3 Å². The first-order valence-electron chi connectivity index (χ1n) is 9.47. The van der Waals surface area contributed by atoms with Crippen molar-refractivity contribution < 1.29 is 13.5 Å². The zero-order valence-corrected chi connectivity index (χ0v) is 19.8. The third-order valence-electron chi connectivity index (χ3n) is 4.56. The molecule has 0 unspecified atom stereocenters. The Hall–Kier alpha value is -0.130. The molecule has 3 N–H and O–H groups in total. The number of hydrogen-bond acceptors (Lipinski definition) is 4. The molecule has 1 heterocycles. The molecular weight excluding hydrogens is 467 g/mol. The van der Waals surface area contributed by atoms with E-state index in [4.69, 9.17) is 0 Å². The van der Waals surface area contributed by atoms with E-state index >= 15 is 0 Å². The minimum atomic E-state index is -3.17. The van der Waals surface area contributed by atoms with E-state index in [2.05, 4.69) is 29.5 Å². The first-order chi connectivity index (χ1) is 11.8. The lowest BCUT2D eigenvalue weighted by atomic mass is 9.93. The van der Waals surface area contributed by atoms with Crippen molar-refractivity contribution in [2.75, 3.05) is 32.4 Å². The SMILES string of the molecule is CCCC(O)(CCC)CN=C(NCC)NC[C@H]1CCCN1S(C)(=O)=O.I. The van der Waals surface area contributed by atoms with Crippen LogP contribution in [0.2, 0.25) is 0 Å². The molecule has 0 amide bonds. The molecule has 0 aliphatic carbocycles. The average molecular weight is 504 g/mol. The molecule has 0 radical (unpaired) electrons. The summed E-state index contributed by atoms with van der Waals surface area (Å²) in [5, 5.41) is 17.1. The molecule has 0 aromatic heterocycles. The highest BCUT2D eigenvalue weighted by Gasteiger charge is 2.31. The van der Waals surface area contributed by atoms with Gasteiger partial charge in [0.15, 0.2) is 5.96 Å². The molecule has 1 fully saturated rings. The second-order valence-electron chi connectivity index (χ2n) is 6.97. The molecule has 1 atom stereocenters. The van der Waals surface area contributed by atoms with Crippen molar-refractivity contribution in [3.63, 3.8) is 0 Å². The minimum Gasteiger partial charge on any atom is -0.388 e. The van der Waals surface area contributed by atoms with Gasteiger partial charge in [-0.05, 0) is 32.6 Å². The fourth-order valence-corrected chi connectivity index (χ4v) is 4.63. The van der Waals surface area contributed by atoms with E-state index in [0.29, 0.717) is 32.1 Å². The summed E-state index contributed by atoms with van der Waals surface area (Å²) in [5.41, 5.74) is -0.766. The number of sulfonamides is 1. The summed E-state index contributed by atoms with van der Waals surface area (Å²) in [5.74, 6) is 0.633. The number of nitrogens with one attached hydrogen (secondary N) is 2. The van der Waals surface area contributed by atoms with Crippen molar-refractivity contribution in [2.45, 2.75) is 70.9 Å². The Labute approximate surface area is 176 Å². The molecule has 26 heavy (non-hydrogen) atoms. The first-order valence-corrected chi connectivity index (χ1v) is 11.3. The monoisotopic (exact) mass is 504 g/mol. The van der Waals surface area contributed by atoms with Crippen LogP contribution >= 0.6 is 24.0 Å². The highest BCUT2D eigenvalue weighted by atomic mass is 127. The Morgan fingerprint density at radius 1 is 1.23 bits per heavy atom. The highest BCUT2D eigenvalue weighted by Crippen LogP contribution is 2.21. The van der Waals surface area contributed by atoms with Crippen molar-refractivity contribution in [2.24, 2.45) is 4.99 Å². The van der Waals surface area contributed by atoms with Crippen molar-refractivity contribution in [3.8, 4) is 0 Å². The second kappa shape index (κ2) is 12.4. The van der Waals surface area contributed by atoms with Crippen molar-refractivity contribution in [1.82, 2.24) is 14.9 Å². The van der Waals surface area contributed by atoms with Gasteiger partial charge in [0.2, 0.25) is 10.0 Å². The molecule has 0 aromatic carbocycles. The van der Waals surface area contributed by atoms with Gasteiger partial charge < -0.3 is 15.7 Å². The average Bonchev–Trinajstić information content (AvgIpc) is 2.99. The summed E-state index contributed by atoms with van der Waals surface area (Å²) >= 11 is 0. The zero-order valence-electron chi connectivity index (χ0n) is 16.6.